The highest BCUT2D eigenvalue weighted by Gasteiger charge is 2.35. The van der Waals surface area contributed by atoms with Crippen LogP contribution in [0.25, 0.3) is 17.0 Å². The van der Waals surface area contributed by atoms with Gasteiger partial charge in [-0.1, -0.05) is 36.9 Å². The van der Waals surface area contributed by atoms with Crippen molar-refractivity contribution in [3.8, 4) is 0 Å². The van der Waals surface area contributed by atoms with Crippen LogP contribution < -0.4 is 16.1 Å². The molecule has 1 aliphatic rings. The number of nitrogens with zero attached hydrogens (tertiary/aromatic N) is 3. The number of carbonyl (C=O) groups is 5. The fraction of sp³-hybridized carbons (Fsp3) is 0.514. The Balaban J connectivity index is 1.66. The Morgan fingerprint density at radius 3 is 2.36 bits per heavy atom. The summed E-state index contributed by atoms with van der Waals surface area (Å²) in [4.78, 5) is 70.9. The summed E-state index contributed by atoms with van der Waals surface area (Å²) >= 11 is 0. The first kappa shape index (κ1) is 39.7. The number of carbonyl (C=O) groups excluding carboxylic acids is 5. The topological polar surface area (TPSA) is 159 Å². The predicted molar refractivity (Wildman–Crippen MR) is 191 cm³/mol. The Hall–Kier alpha value is -4.78. The van der Waals surface area contributed by atoms with Crippen LogP contribution in [0.5, 0.6) is 0 Å². The van der Waals surface area contributed by atoms with Gasteiger partial charge in [0.15, 0.2) is 0 Å². The standard InChI is InChI=1S/C37H52N6O7/c1-22(2)30(40-35(48)50-36(5,6)7)31(44)38-23(3)32(45)43-20-12-13-28(41-43)33(46)42(10)24(4)27-17-16-26-15-14-25(21-29(26)39-27)18-19-37(8,9)34(47)49-11/h14-19,21,23-24,28,30,41H,1,12-13,20H2,2-11H3,(H,38,44)(H,40,48)/b19-18+/t23-,24+,28-,30-/m0/s1. The number of hydrogen-bond donors (Lipinski definition) is 3. The Morgan fingerprint density at radius 1 is 1.08 bits per heavy atom. The molecule has 3 N–H and O–H groups in total. The van der Waals surface area contributed by atoms with Crippen molar-refractivity contribution < 1.29 is 33.4 Å². The number of rotatable bonds is 11. The molecule has 4 amide bonds. The van der Waals surface area contributed by atoms with Crippen molar-refractivity contribution in [1.82, 2.24) is 31.0 Å². The van der Waals surface area contributed by atoms with E-state index in [2.05, 4.69) is 22.6 Å². The maximum absolute atomic E-state index is 13.7. The quantitative estimate of drug-likeness (QED) is 0.229. The Bertz CT molecular complexity index is 1650. The molecule has 1 aromatic carbocycles. The van der Waals surface area contributed by atoms with Crippen LogP contribution in [0.2, 0.25) is 0 Å². The number of esters is 1. The number of amides is 4. The second-order valence-electron chi connectivity index (χ2n) is 14.3. The van der Waals surface area contributed by atoms with Gasteiger partial charge in [-0.2, -0.15) is 0 Å². The zero-order valence-corrected chi connectivity index (χ0v) is 30.9. The van der Waals surface area contributed by atoms with Crippen LogP contribution in [0.1, 0.15) is 85.5 Å². The second-order valence-corrected chi connectivity index (χ2v) is 14.3. The molecule has 1 aliphatic heterocycles. The third-order valence-corrected chi connectivity index (χ3v) is 8.39. The maximum Gasteiger partial charge on any atom is 0.408 e. The fourth-order valence-electron chi connectivity index (χ4n) is 5.31. The first-order chi connectivity index (χ1) is 23.2. The van der Waals surface area contributed by atoms with Gasteiger partial charge in [-0.3, -0.25) is 29.2 Å². The van der Waals surface area contributed by atoms with E-state index in [-0.39, 0.29) is 17.9 Å². The van der Waals surface area contributed by atoms with Gasteiger partial charge in [0.05, 0.1) is 29.8 Å². The van der Waals surface area contributed by atoms with Crippen molar-refractivity contribution in [2.24, 2.45) is 5.41 Å². The fourth-order valence-corrected chi connectivity index (χ4v) is 5.31. The molecule has 0 saturated carbocycles. The van der Waals surface area contributed by atoms with E-state index in [0.29, 0.717) is 30.7 Å². The number of fused-ring (bicyclic) bond motifs is 1. The summed E-state index contributed by atoms with van der Waals surface area (Å²) < 4.78 is 10.1. The minimum atomic E-state index is -1.11. The van der Waals surface area contributed by atoms with Crippen LogP contribution in [-0.2, 0) is 28.7 Å². The summed E-state index contributed by atoms with van der Waals surface area (Å²) in [5, 5.41) is 7.43. The molecule has 13 nitrogen and oxygen atoms in total. The lowest BCUT2D eigenvalue weighted by molar-refractivity contribution is -0.148. The molecule has 0 spiro atoms. The largest absolute Gasteiger partial charge is 0.468 e. The lowest BCUT2D eigenvalue weighted by atomic mass is 9.92. The van der Waals surface area contributed by atoms with Crippen LogP contribution in [0, 0.1) is 5.41 Å². The van der Waals surface area contributed by atoms with E-state index in [0.717, 1.165) is 16.5 Å². The van der Waals surface area contributed by atoms with Gasteiger partial charge in [-0.15, -0.1) is 0 Å². The molecule has 13 heteroatoms. The van der Waals surface area contributed by atoms with Crippen LogP contribution in [0.3, 0.4) is 0 Å². The maximum atomic E-state index is 13.7. The summed E-state index contributed by atoms with van der Waals surface area (Å²) in [6, 6.07) is 6.54. The highest BCUT2D eigenvalue weighted by atomic mass is 16.6. The van der Waals surface area contributed by atoms with Crippen LogP contribution >= 0.6 is 0 Å². The molecule has 0 unspecified atom stereocenters. The zero-order valence-electron chi connectivity index (χ0n) is 30.9. The van der Waals surface area contributed by atoms with Gasteiger partial charge in [-0.05, 0) is 91.5 Å². The summed E-state index contributed by atoms with van der Waals surface area (Å²) in [6.45, 7) is 17.8. The van der Waals surface area contributed by atoms with E-state index >= 15 is 0 Å². The Kier molecular flexibility index (Phi) is 12.9. The molecular weight excluding hydrogens is 640 g/mol. The van der Waals surface area contributed by atoms with Crippen molar-refractivity contribution in [2.45, 2.75) is 98.0 Å². The minimum Gasteiger partial charge on any atom is -0.468 e. The lowest BCUT2D eigenvalue weighted by Gasteiger charge is -2.37. The number of hydrogen-bond acceptors (Lipinski definition) is 9. The first-order valence-electron chi connectivity index (χ1n) is 16.7. The molecule has 0 aliphatic carbocycles. The van der Waals surface area contributed by atoms with Gasteiger partial charge < -0.3 is 25.0 Å². The number of benzene rings is 1. The van der Waals surface area contributed by atoms with E-state index in [1.54, 1.807) is 59.6 Å². The average Bonchev–Trinajstić information content (AvgIpc) is 3.06. The van der Waals surface area contributed by atoms with Crippen molar-refractivity contribution in [3.05, 3.63) is 59.8 Å². The van der Waals surface area contributed by atoms with Crippen molar-refractivity contribution >= 4 is 46.8 Å². The lowest BCUT2D eigenvalue weighted by Crippen LogP contribution is -2.61. The number of hydrazine groups is 1. The second kappa shape index (κ2) is 16.3. The van der Waals surface area contributed by atoms with Gasteiger partial charge in [0.1, 0.15) is 23.7 Å². The van der Waals surface area contributed by atoms with Crippen LogP contribution in [-0.4, -0.2) is 89.1 Å². The molecular formula is C37H52N6O7. The predicted octanol–water partition coefficient (Wildman–Crippen LogP) is 4.44. The Labute approximate surface area is 294 Å². The number of alkyl carbamates (subject to hydrolysis) is 1. The molecule has 1 fully saturated rings. The first-order valence-corrected chi connectivity index (χ1v) is 16.7. The molecule has 50 heavy (non-hydrogen) atoms. The van der Waals surface area contributed by atoms with E-state index in [4.69, 9.17) is 14.5 Å². The molecule has 0 radical (unpaired) electrons. The number of pyridine rings is 1. The average molecular weight is 693 g/mol. The molecule has 1 aromatic heterocycles. The highest BCUT2D eigenvalue weighted by Crippen LogP contribution is 2.25. The number of ether oxygens (including phenoxy) is 2. The van der Waals surface area contributed by atoms with Crippen molar-refractivity contribution in [2.75, 3.05) is 20.7 Å². The SMILES string of the molecule is C=C(C)[C@H](NC(=O)OC(C)(C)C)C(=O)N[C@@H](C)C(=O)N1CCC[C@@H](C(=O)N(C)[C@H](C)c2ccc3ccc(/C=C/C(C)(C)C(=O)OC)cc3n2)N1. The molecule has 3 rings (SSSR count). The third-order valence-electron chi connectivity index (χ3n) is 8.39. The number of methoxy groups -OCH3 is 1. The normalized spacial score (nSPS) is 17.0. The summed E-state index contributed by atoms with van der Waals surface area (Å²) in [5.74, 6) is -1.59. The van der Waals surface area contributed by atoms with Crippen molar-refractivity contribution in [3.63, 3.8) is 0 Å². The number of aromatic nitrogens is 1. The molecule has 0 bridgehead atoms. The van der Waals surface area contributed by atoms with E-state index in [1.165, 1.54) is 19.0 Å². The molecule has 4 atom stereocenters. The number of likely N-dealkylation sites (N-methyl/N-ethyl adjacent to an activating group) is 1. The van der Waals surface area contributed by atoms with Crippen LogP contribution in [0.4, 0.5) is 4.79 Å². The van der Waals surface area contributed by atoms with E-state index < -0.39 is 47.0 Å². The molecule has 272 valence electrons. The highest BCUT2D eigenvalue weighted by molar-refractivity contribution is 5.93. The molecule has 1 saturated heterocycles. The third kappa shape index (κ3) is 10.4. The van der Waals surface area contributed by atoms with Crippen LogP contribution in [0.15, 0.2) is 48.6 Å². The molecule has 2 heterocycles. The van der Waals surface area contributed by atoms with Gasteiger partial charge >= 0.3 is 12.1 Å². The summed E-state index contributed by atoms with van der Waals surface area (Å²) in [6.07, 6.45) is 3.96. The van der Waals surface area contributed by atoms with Gasteiger partial charge in [-0.25, -0.2) is 10.2 Å². The van der Waals surface area contributed by atoms with Gasteiger partial charge in [0.2, 0.25) is 11.8 Å². The summed E-state index contributed by atoms with van der Waals surface area (Å²) in [5.41, 5.74) is 4.17. The van der Waals surface area contributed by atoms with E-state index in [9.17, 15) is 24.0 Å². The van der Waals surface area contributed by atoms with E-state index in [1.807, 2.05) is 43.3 Å². The Morgan fingerprint density at radius 2 is 1.74 bits per heavy atom. The molecule has 2 aromatic rings. The number of nitrogens with one attached hydrogen (secondary N) is 3. The van der Waals surface area contributed by atoms with Gasteiger partial charge in [0.25, 0.3) is 5.91 Å². The van der Waals surface area contributed by atoms with Gasteiger partial charge in [0, 0.05) is 19.0 Å². The zero-order chi connectivity index (χ0) is 37.6. The monoisotopic (exact) mass is 692 g/mol. The smallest absolute Gasteiger partial charge is 0.408 e. The van der Waals surface area contributed by atoms with Crippen molar-refractivity contribution in [1.29, 1.82) is 0 Å². The summed E-state index contributed by atoms with van der Waals surface area (Å²) in [7, 11) is 3.06. The minimum absolute atomic E-state index is 0.209.